The van der Waals surface area contributed by atoms with Gasteiger partial charge in [-0.05, 0) is 53.4 Å². The third kappa shape index (κ3) is 3.45. The lowest BCUT2D eigenvalue weighted by Gasteiger charge is -2.31. The minimum Gasteiger partial charge on any atom is -0.454 e. The third-order valence-corrected chi connectivity index (χ3v) is 6.86. The van der Waals surface area contributed by atoms with Gasteiger partial charge in [0, 0.05) is 23.1 Å². The van der Waals surface area contributed by atoms with E-state index in [1.807, 2.05) is 48.5 Å². The van der Waals surface area contributed by atoms with Crippen molar-refractivity contribution in [1.82, 2.24) is 15.6 Å². The van der Waals surface area contributed by atoms with Gasteiger partial charge in [-0.25, -0.2) is 0 Å². The van der Waals surface area contributed by atoms with Crippen LogP contribution in [0.25, 0.3) is 10.9 Å². The second-order valence-corrected chi connectivity index (χ2v) is 8.94. The van der Waals surface area contributed by atoms with Gasteiger partial charge in [-0.1, -0.05) is 30.3 Å². The summed E-state index contributed by atoms with van der Waals surface area (Å²) in [6.45, 7) is 0.855. The number of nitrogens with one attached hydrogen (secondary N) is 3. The molecule has 1 amide bonds. The number of hydrogen-bond donors (Lipinski definition) is 3. The van der Waals surface area contributed by atoms with E-state index in [1.165, 1.54) is 0 Å². The summed E-state index contributed by atoms with van der Waals surface area (Å²) in [5.41, 5.74) is 5.26. The van der Waals surface area contributed by atoms with E-state index in [4.69, 9.17) is 18.9 Å². The number of hydrogen-bond acceptors (Lipinski definition) is 6. The number of carbonyl (C=O) groups is 1. The number of benzene rings is 3. The molecule has 2 atom stereocenters. The Balaban J connectivity index is 1.19. The SMILES string of the molecule is O=C(NCc1ccc2c(c1)OCO2)[C@@H]1Cc2c([nH]c3ccccc23)[C@H](c2ccc3c(c2)OCO3)N1. The Hall–Kier alpha value is -4.17. The largest absolute Gasteiger partial charge is 0.454 e. The molecule has 0 spiro atoms. The lowest BCUT2D eigenvalue weighted by atomic mass is 9.90. The molecule has 0 aliphatic carbocycles. The summed E-state index contributed by atoms with van der Waals surface area (Å²) < 4.78 is 21.9. The number of ether oxygens (including phenoxy) is 4. The molecule has 8 heteroatoms. The van der Waals surface area contributed by atoms with Crippen LogP contribution in [0, 0.1) is 0 Å². The molecule has 1 aromatic heterocycles. The van der Waals surface area contributed by atoms with Gasteiger partial charge in [-0.3, -0.25) is 10.1 Å². The number of amides is 1. The number of aromatic nitrogens is 1. The highest BCUT2D eigenvalue weighted by atomic mass is 16.7. The molecule has 3 aliphatic rings. The van der Waals surface area contributed by atoms with E-state index in [-0.39, 0.29) is 25.5 Å². The van der Waals surface area contributed by atoms with Gasteiger partial charge >= 0.3 is 0 Å². The fraction of sp³-hybridized carbons (Fsp3) is 0.222. The van der Waals surface area contributed by atoms with Crippen LogP contribution >= 0.6 is 0 Å². The molecule has 8 nitrogen and oxygen atoms in total. The minimum atomic E-state index is -0.397. The van der Waals surface area contributed by atoms with Gasteiger partial charge in [0.2, 0.25) is 19.5 Å². The van der Waals surface area contributed by atoms with Crippen LogP contribution in [0.3, 0.4) is 0 Å². The lowest BCUT2D eigenvalue weighted by molar-refractivity contribution is -0.123. The second kappa shape index (κ2) is 7.95. The molecule has 0 radical (unpaired) electrons. The monoisotopic (exact) mass is 469 g/mol. The molecule has 3 aromatic carbocycles. The smallest absolute Gasteiger partial charge is 0.237 e. The highest BCUT2D eigenvalue weighted by molar-refractivity contribution is 5.88. The van der Waals surface area contributed by atoms with Crippen LogP contribution in [0.1, 0.15) is 28.4 Å². The van der Waals surface area contributed by atoms with Crippen LogP contribution in [0.4, 0.5) is 0 Å². The van der Waals surface area contributed by atoms with Crippen molar-refractivity contribution < 1.29 is 23.7 Å². The van der Waals surface area contributed by atoms with E-state index in [0.29, 0.717) is 18.7 Å². The maximum Gasteiger partial charge on any atom is 0.237 e. The van der Waals surface area contributed by atoms with Gasteiger partial charge in [0.05, 0.1) is 12.1 Å². The van der Waals surface area contributed by atoms with Crippen LogP contribution in [0.15, 0.2) is 60.7 Å². The summed E-state index contributed by atoms with van der Waals surface area (Å²) >= 11 is 0. The number of rotatable bonds is 4. The van der Waals surface area contributed by atoms with E-state index in [0.717, 1.165) is 50.5 Å². The topological polar surface area (TPSA) is 93.8 Å². The Morgan fingerprint density at radius 2 is 1.63 bits per heavy atom. The Kier molecular flexibility index (Phi) is 4.60. The van der Waals surface area contributed by atoms with Crippen molar-refractivity contribution in [3.63, 3.8) is 0 Å². The van der Waals surface area contributed by atoms with E-state index < -0.39 is 6.04 Å². The summed E-state index contributed by atoms with van der Waals surface area (Å²) in [5, 5.41) is 7.81. The van der Waals surface area contributed by atoms with Crippen molar-refractivity contribution in [3.8, 4) is 23.0 Å². The predicted octanol–water partition coefficient (Wildman–Crippen LogP) is 3.55. The lowest BCUT2D eigenvalue weighted by Crippen LogP contribution is -2.49. The first-order valence-corrected chi connectivity index (χ1v) is 11.6. The number of aromatic amines is 1. The molecule has 0 fully saturated rings. The van der Waals surface area contributed by atoms with Gasteiger partial charge in [0.25, 0.3) is 0 Å². The van der Waals surface area contributed by atoms with Crippen LogP contribution in [0.5, 0.6) is 23.0 Å². The van der Waals surface area contributed by atoms with E-state index in [1.54, 1.807) is 0 Å². The van der Waals surface area contributed by atoms with Crippen molar-refractivity contribution >= 4 is 16.8 Å². The van der Waals surface area contributed by atoms with Gasteiger partial charge in [0.15, 0.2) is 23.0 Å². The molecule has 3 aliphatic heterocycles. The fourth-order valence-electron chi connectivity index (χ4n) is 5.12. The molecule has 0 saturated carbocycles. The molecule has 7 rings (SSSR count). The molecule has 0 saturated heterocycles. The van der Waals surface area contributed by atoms with E-state index in [9.17, 15) is 4.79 Å². The molecule has 0 bridgehead atoms. The zero-order chi connectivity index (χ0) is 23.4. The van der Waals surface area contributed by atoms with Crippen molar-refractivity contribution in [2.24, 2.45) is 0 Å². The number of fused-ring (bicyclic) bond motifs is 5. The third-order valence-electron chi connectivity index (χ3n) is 6.86. The number of H-pyrrole nitrogens is 1. The Morgan fingerprint density at radius 3 is 2.49 bits per heavy atom. The Morgan fingerprint density at radius 1 is 0.886 bits per heavy atom. The maximum atomic E-state index is 13.4. The van der Waals surface area contributed by atoms with Gasteiger partial charge in [0.1, 0.15) is 0 Å². The van der Waals surface area contributed by atoms with E-state index in [2.05, 4.69) is 27.8 Å². The molecule has 176 valence electrons. The normalized spacial score (nSPS) is 19.5. The first kappa shape index (κ1) is 20.2. The molecule has 0 unspecified atom stereocenters. The number of carbonyl (C=O) groups excluding carboxylic acids is 1. The first-order valence-electron chi connectivity index (χ1n) is 11.6. The van der Waals surface area contributed by atoms with E-state index >= 15 is 0 Å². The summed E-state index contributed by atoms with van der Waals surface area (Å²) in [5.74, 6) is 2.84. The average Bonchev–Trinajstić information content (AvgIpc) is 3.64. The zero-order valence-corrected chi connectivity index (χ0v) is 18.8. The van der Waals surface area contributed by atoms with Crippen molar-refractivity contribution in [2.45, 2.75) is 25.0 Å². The van der Waals surface area contributed by atoms with Crippen molar-refractivity contribution in [1.29, 1.82) is 0 Å². The predicted molar refractivity (Wildman–Crippen MR) is 128 cm³/mol. The minimum absolute atomic E-state index is 0.0515. The van der Waals surface area contributed by atoms with Crippen molar-refractivity contribution in [3.05, 3.63) is 83.0 Å². The summed E-state index contributed by atoms with van der Waals surface area (Å²) in [6, 6.07) is 19.3. The van der Waals surface area contributed by atoms with Crippen LogP contribution in [0.2, 0.25) is 0 Å². The molecular formula is C27H23N3O5. The second-order valence-electron chi connectivity index (χ2n) is 8.94. The summed E-state index contributed by atoms with van der Waals surface area (Å²) in [4.78, 5) is 16.9. The van der Waals surface area contributed by atoms with Crippen LogP contribution in [-0.4, -0.2) is 30.5 Å². The summed E-state index contributed by atoms with van der Waals surface area (Å²) in [7, 11) is 0. The Bertz CT molecular complexity index is 1460. The quantitative estimate of drug-likeness (QED) is 0.423. The van der Waals surface area contributed by atoms with Gasteiger partial charge in [-0.15, -0.1) is 0 Å². The van der Waals surface area contributed by atoms with Crippen LogP contribution < -0.4 is 29.6 Å². The van der Waals surface area contributed by atoms with Gasteiger partial charge < -0.3 is 29.2 Å². The average molecular weight is 469 g/mol. The standard InChI is InChI=1S/C27H23N3O5/c31-27(28-12-15-5-7-21-23(9-15)34-13-32-21)20-11-18-17-3-1-2-4-19(17)29-26(18)25(30-20)16-6-8-22-24(10-16)35-14-33-22/h1-10,20,25,29-30H,11-14H2,(H,28,31)/t20-,25-/m0/s1. The highest BCUT2D eigenvalue weighted by Crippen LogP contribution is 2.39. The molecule has 4 heterocycles. The first-order chi connectivity index (χ1) is 17.2. The Labute approximate surface area is 201 Å². The molecule has 35 heavy (non-hydrogen) atoms. The van der Waals surface area contributed by atoms with Gasteiger partial charge in [-0.2, -0.15) is 0 Å². The summed E-state index contributed by atoms with van der Waals surface area (Å²) in [6.07, 6.45) is 0.591. The van der Waals surface area contributed by atoms with Crippen molar-refractivity contribution in [2.75, 3.05) is 13.6 Å². The molecule has 3 N–H and O–H groups in total. The van der Waals surface area contributed by atoms with Crippen LogP contribution in [-0.2, 0) is 17.8 Å². The zero-order valence-electron chi connectivity index (χ0n) is 18.8. The number of para-hydroxylation sites is 1. The maximum absolute atomic E-state index is 13.4. The molecular weight excluding hydrogens is 446 g/mol. The molecule has 4 aromatic rings. The fourth-order valence-corrected chi connectivity index (χ4v) is 5.12. The highest BCUT2D eigenvalue weighted by Gasteiger charge is 2.34.